The van der Waals surface area contributed by atoms with Crippen LogP contribution in [0.3, 0.4) is 0 Å². The average Bonchev–Trinajstić information content (AvgIpc) is 2.81. The van der Waals surface area contributed by atoms with Crippen molar-refractivity contribution in [3.8, 4) is 11.4 Å². The maximum Gasteiger partial charge on any atom is 0.175 e. The highest BCUT2D eigenvalue weighted by molar-refractivity contribution is 6.28. The van der Waals surface area contributed by atoms with Crippen molar-refractivity contribution < 1.29 is 9.59 Å². The van der Waals surface area contributed by atoms with Gasteiger partial charge in [0.1, 0.15) is 0 Å². The SMILES string of the molecule is O=C1c2cc3c(cc2C2c4ccccc4C1c1ccccc12)c1cc(-n2c4ccccc4c4ccc5c6ccccc6n(-c6ccccc6)c5c42)cc2c4cc5c(cc4n3c12)C(=O)C1c2ccccc2C2c3ccccc3C512. The molecule has 3 atom stereocenters. The first kappa shape index (κ1) is 40.5. The number of para-hydroxylation sites is 3. The van der Waals surface area contributed by atoms with Crippen molar-refractivity contribution >= 4 is 93.3 Å². The van der Waals surface area contributed by atoms with Gasteiger partial charge < -0.3 is 13.5 Å². The van der Waals surface area contributed by atoms with Crippen LogP contribution in [0.25, 0.3) is 93.1 Å². The molecule has 0 fully saturated rings. The summed E-state index contributed by atoms with van der Waals surface area (Å²) in [7, 11) is 0. The molecule has 6 aliphatic rings. The summed E-state index contributed by atoms with van der Waals surface area (Å²) in [6.07, 6.45) is 0. The molecule has 0 aliphatic heterocycles. The minimum absolute atomic E-state index is 0.0899. The van der Waals surface area contributed by atoms with E-state index in [0.717, 1.165) is 110 Å². The minimum Gasteiger partial charge on any atom is -0.308 e. The van der Waals surface area contributed by atoms with E-state index < -0.39 is 11.3 Å². The van der Waals surface area contributed by atoms with Crippen molar-refractivity contribution in [1.29, 1.82) is 0 Å². The highest BCUT2D eigenvalue weighted by Crippen LogP contribution is 2.73. The lowest BCUT2D eigenvalue weighted by molar-refractivity contribution is 0.0947. The van der Waals surface area contributed by atoms with Crippen molar-refractivity contribution in [2.24, 2.45) is 0 Å². The van der Waals surface area contributed by atoms with Crippen molar-refractivity contribution in [3.05, 3.63) is 291 Å². The Morgan fingerprint density at radius 2 is 0.795 bits per heavy atom. The number of fused-ring (bicyclic) bond motifs is 19. The molecule has 2 bridgehead atoms. The second-order valence-corrected chi connectivity index (χ2v) is 22.8. The van der Waals surface area contributed by atoms with E-state index in [0.29, 0.717) is 0 Å². The van der Waals surface area contributed by atoms with E-state index in [-0.39, 0.29) is 29.3 Å². The summed E-state index contributed by atoms with van der Waals surface area (Å²) < 4.78 is 7.40. The van der Waals surface area contributed by atoms with Crippen LogP contribution in [-0.4, -0.2) is 25.1 Å². The monoisotopic (exact) mass is 991 g/mol. The van der Waals surface area contributed by atoms with Crippen LogP contribution in [0.4, 0.5) is 0 Å². The fourth-order valence-electron chi connectivity index (χ4n) is 17.0. The normalized spacial score (nSPS) is 20.2. The third-order valence-corrected chi connectivity index (χ3v) is 19.7. The Hall–Kier alpha value is -9.84. The number of benzene rings is 11. The van der Waals surface area contributed by atoms with Crippen LogP contribution in [-0.2, 0) is 5.41 Å². The van der Waals surface area contributed by atoms with Gasteiger partial charge in [-0.3, -0.25) is 9.59 Å². The van der Waals surface area contributed by atoms with Gasteiger partial charge in [0, 0.05) is 82.8 Å². The number of hydrogen-bond acceptors (Lipinski definition) is 2. The van der Waals surface area contributed by atoms with Gasteiger partial charge >= 0.3 is 0 Å². The van der Waals surface area contributed by atoms with Gasteiger partial charge in [0.15, 0.2) is 11.6 Å². The van der Waals surface area contributed by atoms with Crippen LogP contribution in [0.15, 0.2) is 224 Å². The highest BCUT2D eigenvalue weighted by Gasteiger charge is 2.69. The predicted molar refractivity (Wildman–Crippen MR) is 312 cm³/mol. The second-order valence-electron chi connectivity index (χ2n) is 22.8. The van der Waals surface area contributed by atoms with Gasteiger partial charge in [0.05, 0.1) is 50.5 Å². The van der Waals surface area contributed by atoms with Gasteiger partial charge in [0.25, 0.3) is 0 Å². The lowest BCUT2D eigenvalue weighted by Crippen LogP contribution is -2.43. The summed E-state index contributed by atoms with van der Waals surface area (Å²) in [5.74, 6) is -0.391. The quantitative estimate of drug-likeness (QED) is 0.173. The molecule has 11 aromatic carbocycles. The Labute approximate surface area is 445 Å². The van der Waals surface area contributed by atoms with Gasteiger partial charge in [-0.2, -0.15) is 0 Å². The topological polar surface area (TPSA) is 48.4 Å². The molecule has 360 valence electrons. The Morgan fingerprint density at radius 1 is 0.295 bits per heavy atom. The van der Waals surface area contributed by atoms with Gasteiger partial charge in [0.2, 0.25) is 0 Å². The predicted octanol–water partition coefficient (Wildman–Crippen LogP) is 16.6. The number of Topliss-reactive ketones (excluding diaryl/α,β-unsaturated/α-hetero) is 2. The summed E-state index contributed by atoms with van der Waals surface area (Å²) >= 11 is 0. The van der Waals surface area contributed by atoms with E-state index in [2.05, 4.69) is 238 Å². The number of nitrogens with zero attached hydrogens (tertiary/aromatic N) is 3. The first-order valence-electron chi connectivity index (χ1n) is 27.4. The highest BCUT2D eigenvalue weighted by atomic mass is 16.1. The van der Waals surface area contributed by atoms with E-state index in [9.17, 15) is 0 Å². The lowest BCUT2D eigenvalue weighted by Gasteiger charge is -2.48. The number of hydrogen-bond donors (Lipinski definition) is 0. The largest absolute Gasteiger partial charge is 0.308 e. The van der Waals surface area contributed by atoms with Crippen molar-refractivity contribution in [3.63, 3.8) is 0 Å². The summed E-state index contributed by atoms with van der Waals surface area (Å²) in [6, 6.07) is 82.0. The second kappa shape index (κ2) is 13.6. The Kier molecular flexibility index (Phi) is 7.04. The zero-order valence-electron chi connectivity index (χ0n) is 41.8. The summed E-state index contributed by atoms with van der Waals surface area (Å²) in [5, 5.41) is 9.24. The van der Waals surface area contributed by atoms with Crippen LogP contribution >= 0.6 is 0 Å². The molecule has 5 nitrogen and oxygen atoms in total. The van der Waals surface area contributed by atoms with E-state index in [1.54, 1.807) is 0 Å². The molecular formula is C73H41N3O2. The number of carbonyl (C=O) groups is 2. The van der Waals surface area contributed by atoms with Gasteiger partial charge in [-0.1, -0.05) is 164 Å². The molecular weight excluding hydrogens is 951 g/mol. The van der Waals surface area contributed by atoms with Crippen LogP contribution < -0.4 is 0 Å². The molecule has 1 spiro atoms. The number of rotatable bonds is 2. The van der Waals surface area contributed by atoms with Crippen LogP contribution in [0.2, 0.25) is 0 Å². The van der Waals surface area contributed by atoms with Gasteiger partial charge in [-0.25, -0.2) is 0 Å². The standard InChI is InChI=1S/C73H41N3O2/c77-71-56-36-62-51(34-53(56)64-42-20-4-6-22-44(42)65(71)45-23-7-5-21-43(45)64)54-32-39(75-61-29-15-12-19-41(61)49-31-30-48-40-18-11-14-28-60(40)74(69(48)70(49)75)38-16-2-1-3-17-38)33-55-52-35-59-57(37-63(52)76(62)68(54)55)72(78)67-47-25-9-8-24-46(47)66-50-26-10-13-27-58(50)73(59,66)67/h1-37,64-67H. The smallest absolute Gasteiger partial charge is 0.175 e. The summed E-state index contributed by atoms with van der Waals surface area (Å²) in [4.78, 5) is 31.2. The molecule has 0 saturated heterocycles. The number of ketones is 2. The molecule has 6 aliphatic carbocycles. The average molecular weight is 992 g/mol. The molecule has 5 heteroatoms. The van der Waals surface area contributed by atoms with E-state index in [4.69, 9.17) is 0 Å². The van der Waals surface area contributed by atoms with Crippen LogP contribution in [0.1, 0.15) is 100 Å². The van der Waals surface area contributed by atoms with Crippen molar-refractivity contribution in [2.45, 2.75) is 29.1 Å². The molecule has 0 saturated carbocycles. The summed E-state index contributed by atoms with van der Waals surface area (Å²) in [5.41, 5.74) is 22.7. The van der Waals surface area contributed by atoms with Crippen molar-refractivity contribution in [1.82, 2.24) is 13.5 Å². The van der Waals surface area contributed by atoms with Crippen LogP contribution in [0.5, 0.6) is 0 Å². The zero-order valence-corrected chi connectivity index (χ0v) is 41.8. The van der Waals surface area contributed by atoms with Crippen molar-refractivity contribution in [2.75, 3.05) is 0 Å². The fourth-order valence-corrected chi connectivity index (χ4v) is 17.0. The molecule has 3 unspecified atom stereocenters. The zero-order chi connectivity index (χ0) is 50.6. The van der Waals surface area contributed by atoms with Gasteiger partial charge in [-0.05, 0) is 116 Å². The van der Waals surface area contributed by atoms with E-state index >= 15 is 9.59 Å². The number of carbonyl (C=O) groups excluding carboxylic acids is 2. The third-order valence-electron chi connectivity index (χ3n) is 19.7. The van der Waals surface area contributed by atoms with E-state index in [1.165, 1.54) is 49.4 Å². The molecule has 15 aromatic rings. The maximum atomic E-state index is 15.6. The Morgan fingerprint density at radius 3 is 1.44 bits per heavy atom. The Balaban J connectivity index is 0.956. The summed E-state index contributed by atoms with van der Waals surface area (Å²) in [6.45, 7) is 0. The first-order chi connectivity index (χ1) is 38.6. The molecule has 4 aromatic heterocycles. The number of aromatic nitrogens is 3. The molecule has 0 amide bonds. The van der Waals surface area contributed by atoms with Gasteiger partial charge in [-0.15, -0.1) is 0 Å². The Bertz CT molecular complexity index is 5310. The molecule has 78 heavy (non-hydrogen) atoms. The molecule has 0 radical (unpaired) electrons. The molecule has 0 N–H and O–H groups in total. The first-order valence-corrected chi connectivity index (χ1v) is 27.4. The van der Waals surface area contributed by atoms with E-state index in [1.807, 2.05) is 0 Å². The lowest BCUT2D eigenvalue weighted by atomic mass is 9.52. The third kappa shape index (κ3) is 4.38. The molecule has 4 heterocycles. The molecule has 21 rings (SSSR count). The maximum absolute atomic E-state index is 15.6. The fraction of sp³-hybridized carbons (Fsp3) is 0.0685. The minimum atomic E-state index is -0.492. The van der Waals surface area contributed by atoms with Crippen LogP contribution in [0, 0.1) is 0 Å².